The van der Waals surface area contributed by atoms with E-state index in [2.05, 4.69) is 255 Å². The van der Waals surface area contributed by atoms with E-state index in [-0.39, 0.29) is 0 Å². The van der Waals surface area contributed by atoms with E-state index < -0.39 is 0 Å². The molecule has 0 bridgehead atoms. The molecule has 60 heavy (non-hydrogen) atoms. The summed E-state index contributed by atoms with van der Waals surface area (Å²) in [5.74, 6) is 0. The Hall–Kier alpha value is -7.80. The maximum absolute atomic E-state index is 2.42. The molecule has 0 saturated heterocycles. The summed E-state index contributed by atoms with van der Waals surface area (Å²) in [5, 5.41) is 0. The Morgan fingerprint density at radius 1 is 0.117 bits per heavy atom. The van der Waals surface area contributed by atoms with Crippen LogP contribution in [0.1, 0.15) is 0 Å². The lowest BCUT2D eigenvalue weighted by molar-refractivity contribution is 1.51. The fraction of sp³-hybridized carbons (Fsp3) is 0. The van der Waals surface area contributed by atoms with E-state index in [4.69, 9.17) is 0 Å². The van der Waals surface area contributed by atoms with Crippen molar-refractivity contribution in [1.82, 2.24) is 0 Å². The van der Waals surface area contributed by atoms with E-state index in [0.29, 0.717) is 0 Å². The Morgan fingerprint density at radius 2 is 0.317 bits per heavy atom. The van der Waals surface area contributed by atoms with Crippen LogP contribution in [0.2, 0.25) is 0 Å². The normalized spacial score (nSPS) is 11.0. The van der Waals surface area contributed by atoms with Gasteiger partial charge in [-0.05, 0) is 124 Å². The average molecular weight is 763 g/mol. The molecule has 10 aromatic carbocycles. The molecule has 0 saturated carbocycles. The zero-order valence-electron chi connectivity index (χ0n) is 33.2. The zero-order chi connectivity index (χ0) is 40.1. The van der Waals surface area contributed by atoms with Crippen LogP contribution in [0, 0.1) is 0 Å². The van der Waals surface area contributed by atoms with E-state index in [0.717, 1.165) is 22.3 Å². The van der Waals surface area contributed by atoms with Crippen LogP contribution < -0.4 is 0 Å². The minimum atomic E-state index is 1.16. The molecule has 0 nitrogen and oxygen atoms in total. The molecule has 0 heteroatoms. The van der Waals surface area contributed by atoms with E-state index in [1.807, 2.05) is 0 Å². The Kier molecular flexibility index (Phi) is 10.1. The van der Waals surface area contributed by atoms with Crippen LogP contribution in [0.4, 0.5) is 0 Å². The van der Waals surface area contributed by atoms with Gasteiger partial charge in [0.25, 0.3) is 0 Å². The quantitative estimate of drug-likeness (QED) is 0.137. The van der Waals surface area contributed by atoms with Crippen molar-refractivity contribution >= 4 is 0 Å². The minimum absolute atomic E-state index is 1.16. The van der Waals surface area contributed by atoms with Gasteiger partial charge in [-0.2, -0.15) is 0 Å². The van der Waals surface area contributed by atoms with Crippen molar-refractivity contribution in [3.05, 3.63) is 255 Å². The Labute approximate surface area is 353 Å². The van der Waals surface area contributed by atoms with Gasteiger partial charge in [0.2, 0.25) is 0 Å². The minimum Gasteiger partial charge on any atom is -0.0622 e. The van der Waals surface area contributed by atoms with Gasteiger partial charge in [0.05, 0.1) is 0 Å². The van der Waals surface area contributed by atoms with Gasteiger partial charge in [0.1, 0.15) is 0 Å². The zero-order valence-corrected chi connectivity index (χ0v) is 33.2. The molecular weight excluding hydrogens is 721 g/mol. The molecule has 0 heterocycles. The molecule has 0 unspecified atom stereocenters. The Balaban J connectivity index is 1.47. The summed E-state index contributed by atoms with van der Waals surface area (Å²) in [5.41, 5.74) is 21.2. The molecule has 10 rings (SSSR count). The smallest absolute Gasteiger partial charge is 0.00134 e. The lowest BCUT2D eigenvalue weighted by atomic mass is 9.73. The van der Waals surface area contributed by atoms with Gasteiger partial charge in [-0.1, -0.05) is 231 Å². The molecule has 0 atom stereocenters. The van der Waals surface area contributed by atoms with Crippen molar-refractivity contribution < 1.29 is 0 Å². The molecule has 0 fully saturated rings. The van der Waals surface area contributed by atoms with Gasteiger partial charge >= 0.3 is 0 Å². The van der Waals surface area contributed by atoms with Crippen molar-refractivity contribution in [2.75, 3.05) is 0 Å². The van der Waals surface area contributed by atoms with E-state index in [9.17, 15) is 0 Å². The molecule has 0 aromatic heterocycles. The highest BCUT2D eigenvalue weighted by molar-refractivity contribution is 6.15. The predicted molar refractivity (Wildman–Crippen MR) is 255 cm³/mol. The van der Waals surface area contributed by atoms with E-state index in [1.165, 1.54) is 77.9 Å². The lowest BCUT2D eigenvalue weighted by Gasteiger charge is -2.29. The molecule has 0 N–H and O–H groups in total. The van der Waals surface area contributed by atoms with Gasteiger partial charge in [0.15, 0.2) is 0 Å². The van der Waals surface area contributed by atoms with Gasteiger partial charge in [-0.15, -0.1) is 0 Å². The lowest BCUT2D eigenvalue weighted by Crippen LogP contribution is -2.02. The monoisotopic (exact) mass is 762 g/mol. The van der Waals surface area contributed by atoms with Crippen molar-refractivity contribution in [1.29, 1.82) is 0 Å². The highest BCUT2D eigenvalue weighted by Crippen LogP contribution is 2.56. The second-order valence-corrected chi connectivity index (χ2v) is 15.2. The second kappa shape index (κ2) is 16.6. The van der Waals surface area contributed by atoms with E-state index in [1.54, 1.807) is 0 Å². The number of rotatable bonds is 9. The molecule has 0 spiro atoms. The van der Waals surface area contributed by atoms with Gasteiger partial charge in [-0.25, -0.2) is 0 Å². The van der Waals surface area contributed by atoms with Crippen LogP contribution in [-0.2, 0) is 0 Å². The maximum Gasteiger partial charge on any atom is -0.00134 e. The molecule has 282 valence electrons. The highest BCUT2D eigenvalue weighted by Gasteiger charge is 2.29. The van der Waals surface area contributed by atoms with Gasteiger partial charge in [0, 0.05) is 0 Å². The van der Waals surface area contributed by atoms with Crippen molar-refractivity contribution in [2.45, 2.75) is 0 Å². The molecular formula is C60H42. The van der Waals surface area contributed by atoms with E-state index >= 15 is 0 Å². The molecule has 0 aliphatic rings. The Bertz CT molecular complexity index is 2950. The Morgan fingerprint density at radius 3 is 0.650 bits per heavy atom. The summed E-state index contributed by atoms with van der Waals surface area (Å²) in [4.78, 5) is 0. The summed E-state index contributed by atoms with van der Waals surface area (Å²) < 4.78 is 0. The number of hydrogen-bond acceptors (Lipinski definition) is 0. The first-order chi connectivity index (χ1) is 29.8. The summed E-state index contributed by atoms with van der Waals surface area (Å²) >= 11 is 0. The molecule has 0 amide bonds. The number of benzene rings is 10. The van der Waals surface area contributed by atoms with Crippen LogP contribution in [-0.4, -0.2) is 0 Å². The first kappa shape index (κ1) is 36.5. The average Bonchev–Trinajstić information content (AvgIpc) is 3.35. The van der Waals surface area contributed by atoms with Crippen LogP contribution in [0.25, 0.3) is 100 Å². The molecule has 10 aromatic rings. The summed E-state index contributed by atoms with van der Waals surface area (Å²) in [6.45, 7) is 0. The third kappa shape index (κ3) is 7.17. The SMILES string of the molecule is c1ccc(-c2cccc(-c3c(-c4ccccc4)c(-c4ccccc4)c(-c4ccccc4)c(-c4ccccc4)c3-c3cc(-c4ccccc4)cc(-c4ccccc4)c3)c2)cc1. The molecule has 0 radical (unpaired) electrons. The van der Waals surface area contributed by atoms with Crippen LogP contribution in [0.3, 0.4) is 0 Å². The second-order valence-electron chi connectivity index (χ2n) is 15.2. The summed E-state index contributed by atoms with van der Waals surface area (Å²) in [6.07, 6.45) is 0. The summed E-state index contributed by atoms with van der Waals surface area (Å²) in [7, 11) is 0. The fourth-order valence-corrected chi connectivity index (χ4v) is 8.75. The third-order valence-electron chi connectivity index (χ3n) is 11.4. The van der Waals surface area contributed by atoms with Gasteiger partial charge in [-0.3, -0.25) is 0 Å². The third-order valence-corrected chi connectivity index (χ3v) is 11.4. The number of hydrogen-bond donors (Lipinski definition) is 0. The fourth-order valence-electron chi connectivity index (χ4n) is 8.75. The van der Waals surface area contributed by atoms with Crippen LogP contribution in [0.5, 0.6) is 0 Å². The topological polar surface area (TPSA) is 0 Å². The standard InChI is InChI=1S/C60H42/c1-8-23-43(24-9-1)50-37-22-38-51(39-50)59-57(48-33-18-6-19-34-48)55(46-29-14-4-15-30-46)56(47-31-16-5-17-32-47)58(49-35-20-7-21-36-49)60(59)54-41-52(44-25-10-2-11-26-44)40-53(42-54)45-27-12-3-13-28-45/h1-42H. The van der Waals surface area contributed by atoms with Gasteiger partial charge < -0.3 is 0 Å². The molecule has 0 aliphatic carbocycles. The summed E-state index contributed by atoms with van der Waals surface area (Å²) in [6, 6.07) is 92.8. The maximum atomic E-state index is 2.42. The first-order valence-corrected chi connectivity index (χ1v) is 20.7. The first-order valence-electron chi connectivity index (χ1n) is 20.7. The van der Waals surface area contributed by atoms with Crippen LogP contribution >= 0.6 is 0 Å². The highest BCUT2D eigenvalue weighted by atomic mass is 14.3. The van der Waals surface area contributed by atoms with Crippen molar-refractivity contribution in [3.63, 3.8) is 0 Å². The van der Waals surface area contributed by atoms with Crippen molar-refractivity contribution in [2.24, 2.45) is 0 Å². The predicted octanol–water partition coefficient (Wildman–Crippen LogP) is 16.7. The van der Waals surface area contributed by atoms with Crippen molar-refractivity contribution in [3.8, 4) is 100 Å². The largest absolute Gasteiger partial charge is 0.0622 e. The molecule has 0 aliphatic heterocycles. The van der Waals surface area contributed by atoms with Crippen LogP contribution in [0.15, 0.2) is 255 Å².